The second-order valence-electron chi connectivity index (χ2n) is 4.45. The molecule has 0 spiro atoms. The van der Waals surface area contributed by atoms with Crippen LogP contribution in [0.1, 0.15) is 22.7 Å². The quantitative estimate of drug-likeness (QED) is 0.884. The lowest BCUT2D eigenvalue weighted by Gasteiger charge is -2.19. The number of rotatable bonds is 3. The first-order valence-corrected chi connectivity index (χ1v) is 6.70. The highest BCUT2D eigenvalue weighted by molar-refractivity contribution is 9.10. The summed E-state index contributed by atoms with van der Waals surface area (Å²) in [5, 5.41) is 3.03. The number of nitrogens with one attached hydrogen (secondary N) is 1. The summed E-state index contributed by atoms with van der Waals surface area (Å²) in [6.45, 7) is 1.96. The summed E-state index contributed by atoms with van der Waals surface area (Å²) in [5.41, 5.74) is 2.25. The largest absolute Gasteiger partial charge is 0.309 e. The second-order valence-corrected chi connectivity index (χ2v) is 5.37. The van der Waals surface area contributed by atoms with Crippen molar-refractivity contribution in [2.24, 2.45) is 0 Å². The Morgan fingerprint density at radius 1 is 1.11 bits per heavy atom. The van der Waals surface area contributed by atoms with Crippen molar-refractivity contribution in [1.29, 1.82) is 0 Å². The van der Waals surface area contributed by atoms with E-state index in [1.54, 1.807) is 7.05 Å². The predicted octanol–water partition coefficient (Wildman–Crippen LogP) is 4.34. The van der Waals surface area contributed by atoms with Gasteiger partial charge in [0.05, 0.1) is 6.04 Å². The standard InChI is InChI=1S/C15H14BrF2N/c1-9-5-10(7-11(16)6-9)15(19-2)13-8-12(17)3-4-14(13)18/h3-8,15,19H,1-2H3. The molecule has 1 N–H and O–H groups in total. The predicted molar refractivity (Wildman–Crippen MR) is 76.1 cm³/mol. The van der Waals surface area contributed by atoms with Gasteiger partial charge in [0.2, 0.25) is 0 Å². The van der Waals surface area contributed by atoms with Crippen molar-refractivity contribution in [3.63, 3.8) is 0 Å². The third kappa shape index (κ3) is 3.19. The number of halogens is 3. The lowest BCUT2D eigenvalue weighted by atomic mass is 9.97. The van der Waals surface area contributed by atoms with Crippen LogP contribution in [0.3, 0.4) is 0 Å². The molecule has 0 aliphatic carbocycles. The fourth-order valence-electron chi connectivity index (χ4n) is 2.17. The van der Waals surface area contributed by atoms with Crippen molar-refractivity contribution < 1.29 is 8.78 Å². The molecule has 2 aromatic carbocycles. The normalized spacial score (nSPS) is 12.5. The highest BCUT2D eigenvalue weighted by Gasteiger charge is 2.17. The van der Waals surface area contributed by atoms with Gasteiger partial charge in [-0.15, -0.1) is 0 Å². The van der Waals surface area contributed by atoms with Crippen LogP contribution in [0.25, 0.3) is 0 Å². The van der Waals surface area contributed by atoms with E-state index in [1.165, 1.54) is 6.07 Å². The molecule has 0 saturated carbocycles. The molecular weight excluding hydrogens is 312 g/mol. The molecule has 2 aromatic rings. The smallest absolute Gasteiger partial charge is 0.128 e. The minimum absolute atomic E-state index is 0.306. The van der Waals surface area contributed by atoms with E-state index in [9.17, 15) is 8.78 Å². The zero-order valence-electron chi connectivity index (χ0n) is 10.7. The lowest BCUT2D eigenvalue weighted by Crippen LogP contribution is -2.19. The van der Waals surface area contributed by atoms with E-state index < -0.39 is 11.6 Å². The van der Waals surface area contributed by atoms with Gasteiger partial charge in [-0.05, 0) is 55.4 Å². The summed E-state index contributed by atoms with van der Waals surface area (Å²) in [5.74, 6) is -0.859. The van der Waals surface area contributed by atoms with Gasteiger partial charge in [0.1, 0.15) is 11.6 Å². The topological polar surface area (TPSA) is 12.0 Å². The summed E-state index contributed by atoms with van der Waals surface area (Å²) in [4.78, 5) is 0. The number of benzene rings is 2. The van der Waals surface area contributed by atoms with E-state index in [-0.39, 0.29) is 6.04 Å². The van der Waals surface area contributed by atoms with Gasteiger partial charge in [-0.1, -0.05) is 22.0 Å². The van der Waals surface area contributed by atoms with Gasteiger partial charge >= 0.3 is 0 Å². The maximum atomic E-state index is 13.9. The molecule has 1 unspecified atom stereocenters. The molecular formula is C15H14BrF2N. The molecule has 1 atom stereocenters. The molecule has 0 amide bonds. The maximum Gasteiger partial charge on any atom is 0.128 e. The number of aryl methyl sites for hydroxylation is 1. The molecule has 2 rings (SSSR count). The maximum absolute atomic E-state index is 13.9. The van der Waals surface area contributed by atoms with Crippen LogP contribution >= 0.6 is 15.9 Å². The lowest BCUT2D eigenvalue weighted by molar-refractivity contribution is 0.558. The summed E-state index contributed by atoms with van der Waals surface area (Å²) in [7, 11) is 1.73. The Kier molecular flexibility index (Phi) is 4.32. The average Bonchev–Trinajstić information content (AvgIpc) is 2.33. The molecule has 0 heterocycles. The monoisotopic (exact) mass is 325 g/mol. The minimum Gasteiger partial charge on any atom is -0.309 e. The Labute approximate surface area is 119 Å². The first kappa shape index (κ1) is 14.2. The molecule has 100 valence electrons. The summed E-state index contributed by atoms with van der Waals surface area (Å²) < 4.78 is 28.1. The summed E-state index contributed by atoms with van der Waals surface area (Å²) >= 11 is 3.42. The van der Waals surface area contributed by atoms with Crippen molar-refractivity contribution in [3.8, 4) is 0 Å². The molecule has 0 saturated heterocycles. The fourth-order valence-corrected chi connectivity index (χ4v) is 2.79. The third-order valence-electron chi connectivity index (χ3n) is 2.96. The summed E-state index contributed by atoms with van der Waals surface area (Å²) in [6, 6.07) is 8.95. The fraction of sp³-hybridized carbons (Fsp3) is 0.200. The molecule has 0 bridgehead atoms. The minimum atomic E-state index is -0.441. The Morgan fingerprint density at radius 3 is 2.47 bits per heavy atom. The van der Waals surface area contributed by atoms with Crippen LogP contribution in [0, 0.1) is 18.6 Å². The van der Waals surface area contributed by atoms with Crippen molar-refractivity contribution in [3.05, 3.63) is 69.2 Å². The molecule has 19 heavy (non-hydrogen) atoms. The SMILES string of the molecule is CNC(c1cc(C)cc(Br)c1)c1cc(F)ccc1F. The van der Waals surface area contributed by atoms with Gasteiger partial charge in [0, 0.05) is 10.0 Å². The Bertz CT molecular complexity index is 578. The van der Waals surface area contributed by atoms with Crippen LogP contribution < -0.4 is 5.32 Å². The number of hydrogen-bond acceptors (Lipinski definition) is 1. The zero-order valence-corrected chi connectivity index (χ0v) is 12.3. The van der Waals surface area contributed by atoms with Gasteiger partial charge in [0.25, 0.3) is 0 Å². The van der Waals surface area contributed by atoms with Crippen molar-refractivity contribution in [2.45, 2.75) is 13.0 Å². The average molecular weight is 326 g/mol. The highest BCUT2D eigenvalue weighted by atomic mass is 79.9. The zero-order chi connectivity index (χ0) is 14.0. The van der Waals surface area contributed by atoms with E-state index in [2.05, 4.69) is 21.2 Å². The van der Waals surface area contributed by atoms with Crippen LogP contribution in [-0.2, 0) is 0 Å². The van der Waals surface area contributed by atoms with Crippen molar-refractivity contribution in [2.75, 3.05) is 7.05 Å². The first-order chi connectivity index (χ1) is 9.01. The van der Waals surface area contributed by atoms with Gasteiger partial charge in [0.15, 0.2) is 0 Å². The van der Waals surface area contributed by atoms with Crippen LogP contribution in [0.15, 0.2) is 40.9 Å². The Balaban J connectivity index is 2.52. The summed E-state index contributed by atoms with van der Waals surface area (Å²) in [6.07, 6.45) is 0. The molecule has 4 heteroatoms. The van der Waals surface area contributed by atoms with Crippen LogP contribution in [0.2, 0.25) is 0 Å². The molecule has 0 radical (unpaired) electrons. The highest BCUT2D eigenvalue weighted by Crippen LogP contribution is 2.28. The molecule has 0 fully saturated rings. The Morgan fingerprint density at radius 2 is 1.84 bits per heavy atom. The van der Waals surface area contributed by atoms with Gasteiger partial charge in [-0.3, -0.25) is 0 Å². The van der Waals surface area contributed by atoms with Crippen LogP contribution in [0.4, 0.5) is 8.78 Å². The Hall–Kier alpha value is -1.26. The van der Waals surface area contributed by atoms with Gasteiger partial charge in [-0.25, -0.2) is 8.78 Å². The van der Waals surface area contributed by atoms with E-state index in [0.717, 1.165) is 27.7 Å². The van der Waals surface area contributed by atoms with E-state index in [1.807, 2.05) is 25.1 Å². The van der Waals surface area contributed by atoms with E-state index >= 15 is 0 Å². The molecule has 0 aromatic heterocycles. The van der Waals surface area contributed by atoms with Crippen LogP contribution in [-0.4, -0.2) is 7.05 Å². The van der Waals surface area contributed by atoms with Crippen molar-refractivity contribution in [1.82, 2.24) is 5.32 Å². The van der Waals surface area contributed by atoms with E-state index in [4.69, 9.17) is 0 Å². The number of hydrogen-bond donors (Lipinski definition) is 1. The molecule has 0 aliphatic heterocycles. The third-order valence-corrected chi connectivity index (χ3v) is 3.41. The second kappa shape index (κ2) is 5.80. The molecule has 0 aliphatic rings. The molecule has 1 nitrogen and oxygen atoms in total. The van der Waals surface area contributed by atoms with Crippen LogP contribution in [0.5, 0.6) is 0 Å². The first-order valence-electron chi connectivity index (χ1n) is 5.90. The van der Waals surface area contributed by atoms with Gasteiger partial charge < -0.3 is 5.32 Å². The van der Waals surface area contributed by atoms with Crippen molar-refractivity contribution >= 4 is 15.9 Å². The van der Waals surface area contributed by atoms with E-state index in [0.29, 0.717) is 5.56 Å². The van der Waals surface area contributed by atoms with Gasteiger partial charge in [-0.2, -0.15) is 0 Å².